The van der Waals surface area contributed by atoms with Crippen molar-refractivity contribution in [3.8, 4) is 0 Å². The molecule has 1 aliphatic carbocycles. The van der Waals surface area contributed by atoms with Crippen LogP contribution in [0.3, 0.4) is 0 Å². The number of unbranched alkanes of at least 4 members (excludes halogenated alkanes) is 1. The van der Waals surface area contributed by atoms with E-state index in [1.807, 2.05) is 0 Å². The molecule has 1 aliphatic rings. The third-order valence-corrected chi connectivity index (χ3v) is 3.93. The highest BCUT2D eigenvalue weighted by atomic mass is 15.2. The first-order chi connectivity index (χ1) is 8.27. The van der Waals surface area contributed by atoms with E-state index >= 15 is 0 Å². The maximum atomic E-state index is 6.40. The number of nitrogens with zero attached hydrogens (tertiary/aromatic N) is 1. The lowest BCUT2D eigenvalue weighted by atomic mass is 10.1. The van der Waals surface area contributed by atoms with Crippen molar-refractivity contribution in [2.45, 2.75) is 45.2 Å². The number of likely N-dealkylation sites (N-methyl/N-ethyl adjacent to an activating group) is 1. The zero-order valence-corrected chi connectivity index (χ0v) is 11.0. The second-order valence-corrected chi connectivity index (χ2v) is 4.98. The minimum atomic E-state index is 0.197. The largest absolute Gasteiger partial charge is 0.323 e. The molecule has 94 valence electrons. The van der Waals surface area contributed by atoms with Crippen molar-refractivity contribution in [3.05, 3.63) is 35.4 Å². The van der Waals surface area contributed by atoms with E-state index in [4.69, 9.17) is 5.73 Å². The second-order valence-electron chi connectivity index (χ2n) is 4.98. The van der Waals surface area contributed by atoms with Gasteiger partial charge in [-0.05, 0) is 37.1 Å². The third kappa shape index (κ3) is 2.53. The Hall–Kier alpha value is -0.860. The number of hydrogen-bond acceptors (Lipinski definition) is 2. The van der Waals surface area contributed by atoms with Gasteiger partial charge in [0.15, 0.2) is 0 Å². The lowest BCUT2D eigenvalue weighted by Gasteiger charge is -2.30. The third-order valence-electron chi connectivity index (χ3n) is 3.93. The molecule has 0 aromatic heterocycles. The Morgan fingerprint density at radius 2 is 2.06 bits per heavy atom. The molecule has 2 nitrogen and oxygen atoms in total. The van der Waals surface area contributed by atoms with Gasteiger partial charge in [-0.25, -0.2) is 0 Å². The minimum absolute atomic E-state index is 0.197. The van der Waals surface area contributed by atoms with Crippen LogP contribution in [-0.4, -0.2) is 24.0 Å². The van der Waals surface area contributed by atoms with Crippen molar-refractivity contribution in [1.82, 2.24) is 4.90 Å². The van der Waals surface area contributed by atoms with Crippen molar-refractivity contribution < 1.29 is 0 Å². The lowest BCUT2D eigenvalue weighted by molar-refractivity contribution is 0.186. The predicted octanol–water partition coefficient (Wildman–Crippen LogP) is 2.73. The van der Waals surface area contributed by atoms with Gasteiger partial charge in [-0.2, -0.15) is 0 Å². The summed E-state index contributed by atoms with van der Waals surface area (Å²) >= 11 is 0. The highest BCUT2D eigenvalue weighted by Gasteiger charge is 2.32. The van der Waals surface area contributed by atoms with Crippen molar-refractivity contribution in [2.75, 3.05) is 13.1 Å². The Kier molecular flexibility index (Phi) is 4.19. The van der Waals surface area contributed by atoms with Crippen LogP contribution in [0.1, 0.15) is 43.9 Å². The Balaban J connectivity index is 2.09. The van der Waals surface area contributed by atoms with E-state index in [1.54, 1.807) is 0 Å². The van der Waals surface area contributed by atoms with E-state index in [9.17, 15) is 0 Å². The second kappa shape index (κ2) is 5.65. The number of fused-ring (bicyclic) bond motifs is 1. The number of benzene rings is 1. The summed E-state index contributed by atoms with van der Waals surface area (Å²) in [6.45, 7) is 6.77. The summed E-state index contributed by atoms with van der Waals surface area (Å²) in [6.07, 6.45) is 3.65. The molecule has 0 heterocycles. The molecule has 1 aromatic rings. The topological polar surface area (TPSA) is 29.3 Å². The van der Waals surface area contributed by atoms with Gasteiger partial charge in [0, 0.05) is 12.1 Å². The SMILES string of the molecule is CCCCN(CC)C1Cc2ccccc2C1N. The van der Waals surface area contributed by atoms with Crippen LogP contribution in [0.25, 0.3) is 0 Å². The zero-order chi connectivity index (χ0) is 12.3. The van der Waals surface area contributed by atoms with Gasteiger partial charge in [0.25, 0.3) is 0 Å². The average Bonchev–Trinajstić information content (AvgIpc) is 2.69. The number of hydrogen-bond donors (Lipinski definition) is 1. The molecule has 0 bridgehead atoms. The van der Waals surface area contributed by atoms with Crippen LogP contribution in [0, 0.1) is 0 Å². The molecule has 0 saturated carbocycles. The summed E-state index contributed by atoms with van der Waals surface area (Å²) in [4.78, 5) is 2.55. The molecule has 0 spiro atoms. The van der Waals surface area contributed by atoms with Crippen molar-refractivity contribution in [3.63, 3.8) is 0 Å². The quantitative estimate of drug-likeness (QED) is 0.846. The summed E-state index contributed by atoms with van der Waals surface area (Å²) < 4.78 is 0. The summed E-state index contributed by atoms with van der Waals surface area (Å²) in [6, 6.07) is 9.34. The van der Waals surface area contributed by atoms with Crippen LogP contribution < -0.4 is 5.73 Å². The van der Waals surface area contributed by atoms with E-state index in [2.05, 4.69) is 43.0 Å². The van der Waals surface area contributed by atoms with Crippen LogP contribution in [0.2, 0.25) is 0 Å². The Morgan fingerprint density at radius 3 is 2.71 bits per heavy atom. The van der Waals surface area contributed by atoms with E-state index in [0.29, 0.717) is 6.04 Å². The number of nitrogens with two attached hydrogens (primary N) is 1. The van der Waals surface area contributed by atoms with Gasteiger partial charge in [0.1, 0.15) is 0 Å². The molecule has 0 aliphatic heterocycles. The predicted molar refractivity (Wildman–Crippen MR) is 73.0 cm³/mol. The summed E-state index contributed by atoms with van der Waals surface area (Å²) in [5.74, 6) is 0. The normalized spacial score (nSPS) is 23.1. The summed E-state index contributed by atoms with van der Waals surface area (Å²) in [5, 5.41) is 0. The van der Waals surface area contributed by atoms with Crippen molar-refractivity contribution >= 4 is 0 Å². The van der Waals surface area contributed by atoms with Gasteiger partial charge in [0.05, 0.1) is 0 Å². The fraction of sp³-hybridized carbons (Fsp3) is 0.600. The maximum Gasteiger partial charge on any atom is 0.0459 e. The zero-order valence-electron chi connectivity index (χ0n) is 11.0. The molecule has 0 fully saturated rings. The fourth-order valence-corrected chi connectivity index (χ4v) is 2.88. The molecule has 2 rings (SSSR count). The van der Waals surface area contributed by atoms with Gasteiger partial charge >= 0.3 is 0 Å². The van der Waals surface area contributed by atoms with Gasteiger partial charge in [-0.1, -0.05) is 44.5 Å². The highest BCUT2D eigenvalue weighted by molar-refractivity contribution is 5.36. The van der Waals surface area contributed by atoms with Crippen molar-refractivity contribution in [1.29, 1.82) is 0 Å². The Morgan fingerprint density at radius 1 is 1.29 bits per heavy atom. The molecule has 2 N–H and O–H groups in total. The first kappa shape index (κ1) is 12.6. The first-order valence-corrected chi connectivity index (χ1v) is 6.85. The molecule has 2 heteroatoms. The van der Waals surface area contributed by atoms with E-state index in [1.165, 1.54) is 30.5 Å². The Bertz CT molecular complexity index is 362. The highest BCUT2D eigenvalue weighted by Crippen LogP contribution is 2.32. The summed E-state index contributed by atoms with van der Waals surface area (Å²) in [5.41, 5.74) is 9.20. The molecular weight excluding hydrogens is 208 g/mol. The average molecular weight is 232 g/mol. The maximum absolute atomic E-state index is 6.40. The Labute approximate surface area is 105 Å². The fourth-order valence-electron chi connectivity index (χ4n) is 2.88. The van der Waals surface area contributed by atoms with Crippen LogP contribution in [0.15, 0.2) is 24.3 Å². The molecule has 0 amide bonds. The number of rotatable bonds is 5. The molecule has 2 atom stereocenters. The van der Waals surface area contributed by atoms with Crippen molar-refractivity contribution in [2.24, 2.45) is 5.73 Å². The monoisotopic (exact) mass is 232 g/mol. The van der Waals surface area contributed by atoms with Crippen LogP contribution >= 0.6 is 0 Å². The van der Waals surface area contributed by atoms with Crippen LogP contribution in [-0.2, 0) is 6.42 Å². The van der Waals surface area contributed by atoms with Crippen LogP contribution in [0.4, 0.5) is 0 Å². The minimum Gasteiger partial charge on any atom is -0.323 e. The molecule has 0 saturated heterocycles. The summed E-state index contributed by atoms with van der Waals surface area (Å²) in [7, 11) is 0. The smallest absolute Gasteiger partial charge is 0.0459 e. The van der Waals surface area contributed by atoms with Gasteiger partial charge in [-0.3, -0.25) is 4.90 Å². The van der Waals surface area contributed by atoms with Gasteiger partial charge in [0.2, 0.25) is 0 Å². The van der Waals surface area contributed by atoms with E-state index in [-0.39, 0.29) is 6.04 Å². The van der Waals surface area contributed by atoms with Gasteiger partial charge < -0.3 is 5.73 Å². The van der Waals surface area contributed by atoms with Crippen LogP contribution in [0.5, 0.6) is 0 Å². The molecular formula is C15H24N2. The first-order valence-electron chi connectivity index (χ1n) is 6.85. The van der Waals surface area contributed by atoms with E-state index < -0.39 is 0 Å². The van der Waals surface area contributed by atoms with E-state index in [0.717, 1.165) is 13.0 Å². The standard InChI is InChI=1S/C15H24N2/c1-3-5-10-17(4-2)14-11-12-8-6-7-9-13(12)15(14)16/h6-9,14-15H,3-5,10-11,16H2,1-2H3. The lowest BCUT2D eigenvalue weighted by Crippen LogP contribution is -2.41. The molecule has 2 unspecified atom stereocenters. The van der Waals surface area contributed by atoms with Gasteiger partial charge in [-0.15, -0.1) is 0 Å². The molecule has 0 radical (unpaired) electrons. The molecule has 1 aromatic carbocycles. The molecule has 17 heavy (non-hydrogen) atoms.